The quantitative estimate of drug-likeness (QED) is 0.552. The van der Waals surface area contributed by atoms with Crippen molar-refractivity contribution < 1.29 is 9.47 Å². The zero-order chi connectivity index (χ0) is 10.6. The van der Waals surface area contributed by atoms with E-state index in [1.54, 1.807) is 0 Å². The Hall–Kier alpha value is -0.120. The molecule has 0 bridgehead atoms. The Morgan fingerprint density at radius 3 is 2.21 bits per heavy atom. The van der Waals surface area contributed by atoms with Crippen LogP contribution in [-0.2, 0) is 9.47 Å². The fourth-order valence-electron chi connectivity index (χ4n) is 1.14. The highest BCUT2D eigenvalue weighted by Crippen LogP contribution is 1.98. The minimum atomic E-state index is 0.322. The Kier molecular flexibility index (Phi) is 10.9. The minimum Gasteiger partial charge on any atom is -0.379 e. The first-order chi connectivity index (χ1) is 6.77. The molecule has 0 rings (SSSR count). The van der Waals surface area contributed by atoms with Crippen LogP contribution in [-0.4, -0.2) is 32.5 Å². The minimum absolute atomic E-state index is 0.322. The fourth-order valence-corrected chi connectivity index (χ4v) is 1.14. The summed E-state index contributed by atoms with van der Waals surface area (Å²) in [6.45, 7) is 7.27. The average molecular weight is 203 g/mol. The van der Waals surface area contributed by atoms with Gasteiger partial charge in [-0.1, -0.05) is 6.92 Å². The van der Waals surface area contributed by atoms with E-state index in [4.69, 9.17) is 15.2 Å². The molecular weight excluding hydrogens is 178 g/mol. The lowest BCUT2D eigenvalue weighted by Crippen LogP contribution is -2.14. The van der Waals surface area contributed by atoms with Crippen LogP contribution in [0.25, 0.3) is 0 Å². The van der Waals surface area contributed by atoms with E-state index >= 15 is 0 Å². The molecular formula is C11H25NO2. The molecule has 0 heterocycles. The van der Waals surface area contributed by atoms with Crippen LogP contribution in [0.3, 0.4) is 0 Å². The molecule has 1 atom stereocenters. The summed E-state index contributed by atoms with van der Waals surface area (Å²) >= 11 is 0. The molecule has 0 aliphatic rings. The molecule has 3 nitrogen and oxygen atoms in total. The number of unbranched alkanes of at least 4 members (excludes halogenated alkanes) is 1. The van der Waals surface area contributed by atoms with E-state index in [1.807, 2.05) is 6.92 Å². The van der Waals surface area contributed by atoms with Crippen molar-refractivity contribution in [3.8, 4) is 0 Å². The molecule has 86 valence electrons. The summed E-state index contributed by atoms with van der Waals surface area (Å²) in [5, 5.41) is 0. The van der Waals surface area contributed by atoms with E-state index < -0.39 is 0 Å². The molecule has 0 aromatic carbocycles. The molecule has 0 aliphatic heterocycles. The van der Waals surface area contributed by atoms with Gasteiger partial charge in [0.05, 0.1) is 13.2 Å². The molecule has 0 fully saturated rings. The van der Waals surface area contributed by atoms with E-state index in [2.05, 4.69) is 6.92 Å². The summed E-state index contributed by atoms with van der Waals surface area (Å²) in [4.78, 5) is 0. The molecule has 0 aromatic heterocycles. The zero-order valence-corrected chi connectivity index (χ0v) is 9.63. The van der Waals surface area contributed by atoms with Gasteiger partial charge in [-0.25, -0.2) is 0 Å². The Morgan fingerprint density at radius 2 is 1.64 bits per heavy atom. The van der Waals surface area contributed by atoms with Gasteiger partial charge in [-0.3, -0.25) is 0 Å². The van der Waals surface area contributed by atoms with E-state index in [1.165, 1.54) is 0 Å². The summed E-state index contributed by atoms with van der Waals surface area (Å²) in [6, 6.07) is 0.322. The summed E-state index contributed by atoms with van der Waals surface area (Å²) in [5.74, 6) is 0. The van der Waals surface area contributed by atoms with Crippen LogP contribution >= 0.6 is 0 Å². The molecule has 2 N–H and O–H groups in total. The van der Waals surface area contributed by atoms with Gasteiger partial charge in [-0.05, 0) is 32.6 Å². The Balaban J connectivity index is 2.85. The van der Waals surface area contributed by atoms with Crippen LogP contribution in [0, 0.1) is 0 Å². The predicted octanol–water partition coefficient (Wildman–Crippen LogP) is 1.95. The number of hydrogen-bond acceptors (Lipinski definition) is 3. The van der Waals surface area contributed by atoms with Gasteiger partial charge in [-0.15, -0.1) is 0 Å². The van der Waals surface area contributed by atoms with Crippen LogP contribution in [0.4, 0.5) is 0 Å². The third-order valence-electron chi connectivity index (χ3n) is 1.92. The monoisotopic (exact) mass is 203 g/mol. The maximum Gasteiger partial charge on any atom is 0.0700 e. The second-order valence-corrected chi connectivity index (χ2v) is 3.70. The molecule has 0 aliphatic carbocycles. The topological polar surface area (TPSA) is 44.5 Å². The molecule has 0 amide bonds. The third-order valence-corrected chi connectivity index (χ3v) is 1.92. The van der Waals surface area contributed by atoms with Crippen LogP contribution in [0.15, 0.2) is 0 Å². The largest absolute Gasteiger partial charge is 0.379 e. The smallest absolute Gasteiger partial charge is 0.0700 e. The first kappa shape index (κ1) is 13.9. The van der Waals surface area contributed by atoms with Crippen molar-refractivity contribution in [2.24, 2.45) is 5.73 Å². The summed E-state index contributed by atoms with van der Waals surface area (Å²) in [7, 11) is 0. The highest BCUT2D eigenvalue weighted by atomic mass is 16.5. The molecule has 0 radical (unpaired) electrons. The van der Waals surface area contributed by atoms with Crippen molar-refractivity contribution in [1.29, 1.82) is 0 Å². The van der Waals surface area contributed by atoms with E-state index in [-0.39, 0.29) is 0 Å². The van der Waals surface area contributed by atoms with Crippen LogP contribution in [0.5, 0.6) is 0 Å². The van der Waals surface area contributed by atoms with Gasteiger partial charge in [0.2, 0.25) is 0 Å². The van der Waals surface area contributed by atoms with Gasteiger partial charge in [-0.2, -0.15) is 0 Å². The van der Waals surface area contributed by atoms with Crippen LogP contribution < -0.4 is 5.73 Å². The molecule has 0 aromatic rings. The van der Waals surface area contributed by atoms with Crippen molar-refractivity contribution in [2.45, 2.75) is 45.6 Å². The SMILES string of the molecule is CCCOCCOCCCCC(C)N. The fraction of sp³-hybridized carbons (Fsp3) is 1.00. The lowest BCUT2D eigenvalue weighted by atomic mass is 10.1. The third kappa shape index (κ3) is 11.9. The van der Waals surface area contributed by atoms with Crippen molar-refractivity contribution in [3.63, 3.8) is 0 Å². The Morgan fingerprint density at radius 1 is 1.00 bits per heavy atom. The van der Waals surface area contributed by atoms with Crippen molar-refractivity contribution >= 4 is 0 Å². The Bertz CT molecular complexity index is 107. The molecule has 0 spiro atoms. The normalized spacial score (nSPS) is 13.1. The van der Waals surface area contributed by atoms with Gasteiger partial charge in [0.25, 0.3) is 0 Å². The molecule has 0 saturated heterocycles. The number of nitrogens with two attached hydrogens (primary N) is 1. The summed E-state index contributed by atoms with van der Waals surface area (Å²) < 4.78 is 10.7. The predicted molar refractivity (Wildman–Crippen MR) is 59.4 cm³/mol. The molecule has 1 unspecified atom stereocenters. The van der Waals surface area contributed by atoms with E-state index in [0.29, 0.717) is 6.04 Å². The number of ether oxygens (including phenoxy) is 2. The average Bonchev–Trinajstić information content (AvgIpc) is 2.15. The molecule has 3 heteroatoms. The van der Waals surface area contributed by atoms with Gasteiger partial charge in [0, 0.05) is 19.3 Å². The van der Waals surface area contributed by atoms with Crippen molar-refractivity contribution in [3.05, 3.63) is 0 Å². The number of hydrogen-bond donors (Lipinski definition) is 1. The summed E-state index contributed by atoms with van der Waals surface area (Å²) in [6.07, 6.45) is 4.44. The second-order valence-electron chi connectivity index (χ2n) is 3.70. The maximum atomic E-state index is 5.63. The lowest BCUT2D eigenvalue weighted by Gasteiger charge is -2.06. The highest BCUT2D eigenvalue weighted by Gasteiger charge is 1.94. The van der Waals surface area contributed by atoms with Gasteiger partial charge in [0.15, 0.2) is 0 Å². The summed E-state index contributed by atoms with van der Waals surface area (Å²) in [5.41, 5.74) is 5.63. The molecule has 14 heavy (non-hydrogen) atoms. The lowest BCUT2D eigenvalue weighted by molar-refractivity contribution is 0.0465. The van der Waals surface area contributed by atoms with E-state index in [9.17, 15) is 0 Å². The highest BCUT2D eigenvalue weighted by molar-refractivity contribution is 4.52. The van der Waals surface area contributed by atoms with Crippen LogP contribution in [0.2, 0.25) is 0 Å². The van der Waals surface area contributed by atoms with Crippen molar-refractivity contribution in [2.75, 3.05) is 26.4 Å². The second kappa shape index (κ2) is 11.0. The van der Waals surface area contributed by atoms with Gasteiger partial charge in [0.1, 0.15) is 0 Å². The maximum absolute atomic E-state index is 5.63. The van der Waals surface area contributed by atoms with Gasteiger partial charge < -0.3 is 15.2 Å². The van der Waals surface area contributed by atoms with Gasteiger partial charge >= 0.3 is 0 Å². The van der Waals surface area contributed by atoms with Crippen molar-refractivity contribution in [1.82, 2.24) is 0 Å². The zero-order valence-electron chi connectivity index (χ0n) is 9.63. The van der Waals surface area contributed by atoms with Crippen LogP contribution in [0.1, 0.15) is 39.5 Å². The Labute approximate surface area is 88.0 Å². The standard InChI is InChI=1S/C11H25NO2/c1-3-7-13-9-10-14-8-5-4-6-11(2)12/h11H,3-10,12H2,1-2H3. The first-order valence-electron chi connectivity index (χ1n) is 5.68. The number of rotatable bonds is 10. The first-order valence-corrected chi connectivity index (χ1v) is 5.68. The van der Waals surface area contributed by atoms with E-state index in [0.717, 1.165) is 52.1 Å². The molecule has 0 saturated carbocycles.